The van der Waals surface area contributed by atoms with Crippen LogP contribution in [-0.4, -0.2) is 45.8 Å². The Balaban J connectivity index is 1.61. The van der Waals surface area contributed by atoms with Crippen molar-refractivity contribution in [3.8, 4) is 0 Å². The molecular weight excluding hydrogens is 480 g/mol. The Morgan fingerprint density at radius 2 is 1.89 bits per heavy atom. The van der Waals surface area contributed by atoms with E-state index >= 15 is 0 Å². The number of β-lactam (4-membered cyclic amide) rings is 1. The number of nitrogens with zero attached hydrogens (tertiary/aromatic N) is 4. The molecule has 0 aliphatic carbocycles. The van der Waals surface area contributed by atoms with Crippen molar-refractivity contribution in [2.24, 2.45) is 5.92 Å². The van der Waals surface area contributed by atoms with Gasteiger partial charge < -0.3 is 16.0 Å². The van der Waals surface area contributed by atoms with Gasteiger partial charge in [0.05, 0.1) is 12.0 Å². The van der Waals surface area contributed by atoms with Gasteiger partial charge in [0.2, 0.25) is 5.91 Å². The molecule has 4 rings (SSSR count). The second-order valence-electron chi connectivity index (χ2n) is 8.59. The largest absolute Gasteiger partial charge is 0.384 e. The van der Waals surface area contributed by atoms with E-state index in [1.807, 2.05) is 19.1 Å². The highest BCUT2D eigenvalue weighted by Crippen LogP contribution is 2.34. The molecule has 10 heteroatoms. The van der Waals surface area contributed by atoms with Gasteiger partial charge in [-0.1, -0.05) is 36.7 Å². The van der Waals surface area contributed by atoms with Crippen LogP contribution in [0.15, 0.2) is 67.1 Å². The lowest BCUT2D eigenvalue weighted by Crippen LogP contribution is -2.70. The Labute approximate surface area is 214 Å². The molecule has 4 amide bonds. The monoisotopic (exact) mass is 506 g/mol. The normalized spacial score (nSPS) is 17.8. The Bertz CT molecular complexity index is 1270. The number of carbonyl (C=O) groups is 3. The molecule has 3 atom stereocenters. The highest BCUT2D eigenvalue weighted by molar-refractivity contribution is 6.31. The number of likely N-dealkylation sites (tertiary alicyclic amines) is 1. The van der Waals surface area contributed by atoms with Crippen molar-refractivity contribution >= 4 is 41.0 Å². The van der Waals surface area contributed by atoms with Gasteiger partial charge in [0.15, 0.2) is 0 Å². The number of hydrogen-bond donors (Lipinski definition) is 2. The van der Waals surface area contributed by atoms with Crippen molar-refractivity contribution in [2.45, 2.75) is 31.8 Å². The lowest BCUT2D eigenvalue weighted by Gasteiger charge is -2.46. The molecule has 1 aliphatic rings. The molecular formula is C26H27ClN6O3. The van der Waals surface area contributed by atoms with Crippen LogP contribution >= 0.6 is 11.6 Å². The lowest BCUT2D eigenvalue weighted by atomic mass is 9.81. The molecule has 3 N–H and O–H groups in total. The van der Waals surface area contributed by atoms with Gasteiger partial charge in [-0.25, -0.2) is 9.78 Å². The van der Waals surface area contributed by atoms with Crippen LogP contribution in [0.5, 0.6) is 0 Å². The topological polar surface area (TPSA) is 122 Å². The number of nitrogens with one attached hydrogen (secondary N) is 1. The fourth-order valence-electron chi connectivity index (χ4n) is 4.40. The van der Waals surface area contributed by atoms with E-state index in [0.29, 0.717) is 22.9 Å². The number of benzene rings is 1. The first-order valence-corrected chi connectivity index (χ1v) is 12.0. The summed E-state index contributed by atoms with van der Waals surface area (Å²) in [6, 6.07) is 11.9. The third kappa shape index (κ3) is 5.01. The van der Waals surface area contributed by atoms with Gasteiger partial charge in [-0.15, -0.1) is 0 Å². The summed E-state index contributed by atoms with van der Waals surface area (Å²) in [5.41, 5.74) is 7.90. The van der Waals surface area contributed by atoms with Gasteiger partial charge in [-0.2, -0.15) is 0 Å². The smallest absolute Gasteiger partial charge is 0.325 e. The number of imide groups is 1. The van der Waals surface area contributed by atoms with Gasteiger partial charge >= 0.3 is 6.03 Å². The zero-order valence-electron chi connectivity index (χ0n) is 20.0. The lowest BCUT2D eigenvalue weighted by molar-refractivity contribution is -0.156. The molecule has 1 aliphatic heterocycles. The third-order valence-corrected chi connectivity index (χ3v) is 6.70. The van der Waals surface area contributed by atoms with E-state index in [9.17, 15) is 14.4 Å². The number of carbonyl (C=O) groups excluding carboxylic acids is 3. The number of amides is 4. The van der Waals surface area contributed by atoms with Crippen LogP contribution in [0.2, 0.25) is 5.02 Å². The molecule has 0 bridgehead atoms. The van der Waals surface area contributed by atoms with Crippen LogP contribution in [0.4, 0.5) is 16.3 Å². The molecule has 1 fully saturated rings. The minimum atomic E-state index is -0.992. The molecule has 1 unspecified atom stereocenters. The van der Waals surface area contributed by atoms with E-state index in [1.54, 1.807) is 62.0 Å². The molecule has 0 saturated carbocycles. The minimum Gasteiger partial charge on any atom is -0.384 e. The van der Waals surface area contributed by atoms with E-state index in [1.165, 1.54) is 4.90 Å². The maximum Gasteiger partial charge on any atom is 0.325 e. The number of pyridine rings is 2. The van der Waals surface area contributed by atoms with E-state index in [0.717, 1.165) is 16.0 Å². The Kier molecular flexibility index (Phi) is 7.49. The first kappa shape index (κ1) is 25.1. The summed E-state index contributed by atoms with van der Waals surface area (Å²) in [4.78, 5) is 50.6. The second kappa shape index (κ2) is 10.7. The summed E-state index contributed by atoms with van der Waals surface area (Å²) in [6.45, 7) is 1.91. The van der Waals surface area contributed by atoms with Gasteiger partial charge in [0, 0.05) is 36.3 Å². The van der Waals surface area contributed by atoms with Crippen molar-refractivity contribution in [3.63, 3.8) is 0 Å². The van der Waals surface area contributed by atoms with Crippen LogP contribution in [0.1, 0.15) is 30.5 Å². The Hall–Kier alpha value is -3.98. The van der Waals surface area contributed by atoms with E-state index in [2.05, 4.69) is 15.3 Å². The van der Waals surface area contributed by atoms with Crippen LogP contribution in [0.3, 0.4) is 0 Å². The minimum absolute atomic E-state index is 0.248. The zero-order chi connectivity index (χ0) is 25.8. The van der Waals surface area contributed by atoms with Crippen LogP contribution in [0.25, 0.3) is 0 Å². The summed E-state index contributed by atoms with van der Waals surface area (Å²) in [6.07, 6.45) is 5.49. The molecule has 36 heavy (non-hydrogen) atoms. The summed E-state index contributed by atoms with van der Waals surface area (Å²) in [7, 11) is 1.61. The molecule has 1 aromatic carbocycles. The van der Waals surface area contributed by atoms with E-state index in [-0.39, 0.29) is 12.3 Å². The first-order chi connectivity index (χ1) is 17.3. The second-order valence-corrected chi connectivity index (χ2v) is 8.99. The number of urea groups is 1. The summed E-state index contributed by atoms with van der Waals surface area (Å²) in [5, 5.41) is 3.40. The summed E-state index contributed by atoms with van der Waals surface area (Å²) in [5.74, 6) is -1.22. The molecule has 9 nitrogen and oxygen atoms in total. The highest BCUT2D eigenvalue weighted by Gasteiger charge is 2.55. The van der Waals surface area contributed by atoms with Gasteiger partial charge in [-0.3, -0.25) is 19.5 Å². The Morgan fingerprint density at radius 1 is 1.17 bits per heavy atom. The third-order valence-electron chi connectivity index (χ3n) is 6.35. The summed E-state index contributed by atoms with van der Waals surface area (Å²) >= 11 is 6.34. The maximum absolute atomic E-state index is 13.6. The molecule has 0 radical (unpaired) electrons. The number of rotatable bonds is 7. The number of nitrogen functional groups attached to an aromatic ring is 1. The highest BCUT2D eigenvalue weighted by atomic mass is 35.5. The van der Waals surface area contributed by atoms with Gasteiger partial charge in [-0.05, 0) is 54.3 Å². The van der Waals surface area contributed by atoms with Crippen molar-refractivity contribution in [2.75, 3.05) is 17.7 Å². The molecule has 3 aromatic rings. The predicted octanol–water partition coefficient (Wildman–Crippen LogP) is 3.61. The van der Waals surface area contributed by atoms with Crippen LogP contribution < -0.4 is 16.0 Å². The number of halogens is 1. The van der Waals surface area contributed by atoms with Crippen molar-refractivity contribution < 1.29 is 14.4 Å². The average Bonchev–Trinajstić information content (AvgIpc) is 2.89. The van der Waals surface area contributed by atoms with Crippen molar-refractivity contribution in [1.82, 2.24) is 20.2 Å². The molecule has 2 aromatic heterocycles. The number of aromatic nitrogens is 2. The number of hydrogen-bond acceptors (Lipinski definition) is 6. The quantitative estimate of drug-likeness (QED) is 0.472. The van der Waals surface area contributed by atoms with Crippen molar-refractivity contribution in [3.05, 3.63) is 83.3 Å². The van der Waals surface area contributed by atoms with Crippen LogP contribution in [-0.2, 0) is 16.0 Å². The SMILES string of the molecule is CCC(NC(=O)N1C(=O)[C@H](Cc2ccnc(N)c2)[C@H]1C(=O)N(C)c1ccncc1)c1ccccc1Cl. The van der Waals surface area contributed by atoms with E-state index < -0.39 is 29.9 Å². The number of nitrogens with two attached hydrogens (primary N) is 1. The fraction of sp³-hybridized carbons (Fsp3) is 0.269. The zero-order valence-corrected chi connectivity index (χ0v) is 20.7. The number of anilines is 2. The van der Waals surface area contributed by atoms with E-state index in [4.69, 9.17) is 17.3 Å². The van der Waals surface area contributed by atoms with Crippen molar-refractivity contribution in [1.29, 1.82) is 0 Å². The predicted molar refractivity (Wildman–Crippen MR) is 137 cm³/mol. The average molecular weight is 507 g/mol. The first-order valence-electron chi connectivity index (χ1n) is 11.6. The summed E-state index contributed by atoms with van der Waals surface area (Å²) < 4.78 is 0. The molecule has 186 valence electrons. The fourth-order valence-corrected chi connectivity index (χ4v) is 4.67. The van der Waals surface area contributed by atoms with Gasteiger partial charge in [0.25, 0.3) is 5.91 Å². The molecule has 1 saturated heterocycles. The van der Waals surface area contributed by atoms with Crippen LogP contribution in [0, 0.1) is 5.92 Å². The standard InChI is InChI=1S/C26H27ClN6O3/c1-3-21(18-6-4-5-7-20(18)27)31-26(36)33-23(25(35)32(2)17-9-11-29-12-10-17)19(24(33)34)14-16-8-13-30-22(28)15-16/h4-13,15,19,21,23H,3,14H2,1-2H3,(H2,28,30)(H,31,36)/t19-,21?,23+/m1/s1. The number of likely N-dealkylation sites (N-methyl/N-ethyl adjacent to an activating group) is 1. The molecule has 3 heterocycles. The molecule has 0 spiro atoms. The maximum atomic E-state index is 13.6. The van der Waals surface area contributed by atoms with Gasteiger partial charge in [0.1, 0.15) is 11.9 Å². The Morgan fingerprint density at radius 3 is 2.56 bits per heavy atom.